The number of hydrogen-bond donors (Lipinski definition) is 0. The maximum atomic E-state index is 13.2. The Kier molecular flexibility index (Phi) is 8.36. The second-order valence-corrected chi connectivity index (χ2v) is 9.21. The monoisotopic (exact) mass is 470 g/mol. The molecule has 4 rings (SSSR count). The first-order valence-electron chi connectivity index (χ1n) is 12.8. The van der Waals surface area contributed by atoms with Crippen molar-refractivity contribution in [1.29, 1.82) is 0 Å². The zero-order chi connectivity index (χ0) is 24.6. The quantitative estimate of drug-likeness (QED) is 0.250. The van der Waals surface area contributed by atoms with Gasteiger partial charge in [-0.25, -0.2) is 9.59 Å². The third kappa shape index (κ3) is 5.82. The lowest BCUT2D eigenvalue weighted by atomic mass is 9.80. The van der Waals surface area contributed by atoms with Gasteiger partial charge in [0.1, 0.15) is 0 Å². The maximum Gasteiger partial charge on any atom is 0.343 e. The van der Waals surface area contributed by atoms with Crippen molar-refractivity contribution in [2.24, 2.45) is 0 Å². The van der Waals surface area contributed by atoms with Crippen molar-refractivity contribution < 1.29 is 19.1 Å². The zero-order valence-electron chi connectivity index (χ0n) is 20.7. The summed E-state index contributed by atoms with van der Waals surface area (Å²) >= 11 is 0. The van der Waals surface area contributed by atoms with Gasteiger partial charge in [0.2, 0.25) is 0 Å². The molecule has 0 saturated heterocycles. The molecule has 0 aromatic heterocycles. The van der Waals surface area contributed by atoms with Crippen LogP contribution in [0.1, 0.15) is 95.7 Å². The molecule has 0 spiro atoms. The summed E-state index contributed by atoms with van der Waals surface area (Å²) in [6.07, 6.45) is 8.26. The molecule has 1 fully saturated rings. The lowest BCUT2D eigenvalue weighted by molar-refractivity contribution is 0.0679. The van der Waals surface area contributed by atoms with Gasteiger partial charge in [-0.15, -0.1) is 0 Å². The highest BCUT2D eigenvalue weighted by Gasteiger charge is 2.28. The number of benzene rings is 3. The van der Waals surface area contributed by atoms with Crippen LogP contribution in [0.3, 0.4) is 0 Å². The minimum atomic E-state index is -0.451. The molecule has 3 aromatic carbocycles. The minimum absolute atomic E-state index is 0.376. The zero-order valence-corrected chi connectivity index (χ0v) is 20.7. The summed E-state index contributed by atoms with van der Waals surface area (Å²) in [7, 11) is 0. The number of rotatable bonds is 8. The van der Waals surface area contributed by atoms with Crippen molar-refractivity contribution in [3.63, 3.8) is 0 Å². The Morgan fingerprint density at radius 2 is 1.31 bits per heavy atom. The van der Waals surface area contributed by atoms with Crippen molar-refractivity contribution in [1.82, 2.24) is 0 Å². The van der Waals surface area contributed by atoms with E-state index in [0.717, 1.165) is 36.8 Å². The van der Waals surface area contributed by atoms with Gasteiger partial charge in [0.25, 0.3) is 0 Å². The molecule has 4 nitrogen and oxygen atoms in total. The molecule has 182 valence electrons. The SMILES string of the molecule is CCCc1cc(C2CCCCC2)c(CC)c(OC(=O)c2ccccc2)c1OC(=O)c1ccccc1. The van der Waals surface area contributed by atoms with E-state index in [2.05, 4.69) is 19.9 Å². The maximum absolute atomic E-state index is 13.2. The van der Waals surface area contributed by atoms with E-state index in [4.69, 9.17) is 9.47 Å². The lowest BCUT2D eigenvalue weighted by Crippen LogP contribution is -2.17. The Morgan fingerprint density at radius 3 is 1.83 bits per heavy atom. The highest BCUT2D eigenvalue weighted by Crippen LogP contribution is 2.45. The molecule has 1 saturated carbocycles. The Hall–Kier alpha value is -3.40. The van der Waals surface area contributed by atoms with E-state index in [-0.39, 0.29) is 0 Å². The summed E-state index contributed by atoms with van der Waals surface area (Å²) in [5.74, 6) is 0.314. The number of ether oxygens (including phenoxy) is 2. The van der Waals surface area contributed by atoms with Crippen LogP contribution in [0.5, 0.6) is 11.5 Å². The number of aryl methyl sites for hydroxylation is 1. The molecule has 0 N–H and O–H groups in total. The average molecular weight is 471 g/mol. The van der Waals surface area contributed by atoms with Crippen LogP contribution in [0.25, 0.3) is 0 Å². The van der Waals surface area contributed by atoms with Crippen LogP contribution in [0, 0.1) is 0 Å². The van der Waals surface area contributed by atoms with Gasteiger partial charge in [0.05, 0.1) is 11.1 Å². The topological polar surface area (TPSA) is 52.6 Å². The average Bonchev–Trinajstić information content (AvgIpc) is 2.91. The summed E-state index contributed by atoms with van der Waals surface area (Å²) in [6, 6.07) is 20.1. The van der Waals surface area contributed by atoms with Crippen molar-refractivity contribution in [3.8, 4) is 11.5 Å². The Balaban J connectivity index is 1.83. The highest BCUT2D eigenvalue weighted by molar-refractivity contribution is 5.93. The molecule has 4 heteroatoms. The van der Waals surface area contributed by atoms with E-state index in [0.29, 0.717) is 35.0 Å². The number of hydrogen-bond acceptors (Lipinski definition) is 4. The Labute approximate surface area is 208 Å². The second kappa shape index (κ2) is 11.8. The van der Waals surface area contributed by atoms with Crippen LogP contribution in [0.4, 0.5) is 0 Å². The molecule has 0 aliphatic heterocycles. The smallest absolute Gasteiger partial charge is 0.343 e. The van der Waals surface area contributed by atoms with Gasteiger partial charge in [0, 0.05) is 5.56 Å². The number of esters is 2. The molecule has 0 bridgehead atoms. The molecule has 0 amide bonds. The Bertz CT molecular complexity index is 1150. The van der Waals surface area contributed by atoms with E-state index in [1.54, 1.807) is 24.3 Å². The van der Waals surface area contributed by atoms with E-state index in [9.17, 15) is 9.59 Å². The van der Waals surface area contributed by atoms with Crippen molar-refractivity contribution in [2.45, 2.75) is 71.1 Å². The lowest BCUT2D eigenvalue weighted by Gasteiger charge is -2.27. The largest absolute Gasteiger partial charge is 0.419 e. The molecule has 0 unspecified atom stereocenters. The fourth-order valence-electron chi connectivity index (χ4n) is 5.02. The summed E-state index contributed by atoms with van der Waals surface area (Å²) in [4.78, 5) is 26.3. The van der Waals surface area contributed by atoms with Crippen molar-refractivity contribution in [2.75, 3.05) is 0 Å². The van der Waals surface area contributed by atoms with Gasteiger partial charge in [-0.05, 0) is 67.0 Å². The third-order valence-corrected chi connectivity index (χ3v) is 6.78. The molecule has 1 aliphatic carbocycles. The first kappa shape index (κ1) is 24.7. The van der Waals surface area contributed by atoms with Crippen LogP contribution < -0.4 is 9.47 Å². The van der Waals surface area contributed by atoms with Gasteiger partial charge in [-0.3, -0.25) is 0 Å². The molecule has 0 heterocycles. The van der Waals surface area contributed by atoms with Gasteiger partial charge in [0.15, 0.2) is 11.5 Å². The normalized spacial score (nSPS) is 13.9. The van der Waals surface area contributed by atoms with Crippen molar-refractivity contribution >= 4 is 11.9 Å². The minimum Gasteiger partial charge on any atom is -0.419 e. The van der Waals surface area contributed by atoms with E-state index >= 15 is 0 Å². The molecule has 0 atom stereocenters. The fraction of sp³-hybridized carbons (Fsp3) is 0.355. The predicted octanol–water partition coefficient (Wildman–Crippen LogP) is 7.69. The first-order valence-corrected chi connectivity index (χ1v) is 12.8. The third-order valence-electron chi connectivity index (χ3n) is 6.78. The molecular weight excluding hydrogens is 436 g/mol. The summed E-state index contributed by atoms with van der Waals surface area (Å²) in [5.41, 5.74) is 4.06. The molecule has 1 aliphatic rings. The summed E-state index contributed by atoms with van der Waals surface area (Å²) in [5, 5.41) is 0. The van der Waals surface area contributed by atoms with Crippen LogP contribution >= 0.6 is 0 Å². The van der Waals surface area contributed by atoms with Crippen molar-refractivity contribution in [3.05, 3.63) is 94.5 Å². The van der Waals surface area contributed by atoms with Crippen LogP contribution in [-0.2, 0) is 12.8 Å². The van der Waals surface area contributed by atoms with E-state index < -0.39 is 11.9 Å². The standard InChI is InChI=1S/C31H34O4/c1-3-14-25-21-27(22-15-8-5-9-16-22)26(4-2)29(35-31(33)24-19-12-7-13-20-24)28(25)34-30(32)23-17-10-6-11-18-23/h6-7,10-13,17-22H,3-5,8-9,14-16H2,1-2H3. The first-order chi connectivity index (χ1) is 17.1. The molecule has 3 aromatic rings. The van der Waals surface area contributed by atoms with E-state index in [1.807, 2.05) is 36.4 Å². The fourth-order valence-corrected chi connectivity index (χ4v) is 5.02. The number of carbonyl (C=O) groups excluding carboxylic acids is 2. The van der Waals surface area contributed by atoms with Crippen LogP contribution in [-0.4, -0.2) is 11.9 Å². The van der Waals surface area contributed by atoms with Crippen LogP contribution in [0.2, 0.25) is 0 Å². The Morgan fingerprint density at radius 1 is 0.771 bits per heavy atom. The van der Waals surface area contributed by atoms with E-state index in [1.165, 1.54) is 24.8 Å². The summed E-state index contributed by atoms with van der Waals surface area (Å²) < 4.78 is 12.1. The van der Waals surface area contributed by atoms with Gasteiger partial charge < -0.3 is 9.47 Å². The molecular formula is C31H34O4. The second-order valence-electron chi connectivity index (χ2n) is 9.21. The highest BCUT2D eigenvalue weighted by atomic mass is 16.6. The predicted molar refractivity (Wildman–Crippen MR) is 138 cm³/mol. The molecule has 35 heavy (non-hydrogen) atoms. The summed E-state index contributed by atoms with van der Waals surface area (Å²) in [6.45, 7) is 4.18. The van der Waals surface area contributed by atoms with Gasteiger partial charge in [-0.2, -0.15) is 0 Å². The van der Waals surface area contributed by atoms with Crippen LogP contribution in [0.15, 0.2) is 66.7 Å². The van der Waals surface area contributed by atoms with Gasteiger partial charge in [-0.1, -0.05) is 82.0 Å². The number of carbonyl (C=O) groups is 2. The van der Waals surface area contributed by atoms with Gasteiger partial charge >= 0.3 is 11.9 Å². The molecule has 0 radical (unpaired) electrons.